The molecule has 1 fully saturated rings. The molecule has 0 aromatic heterocycles. The Labute approximate surface area is 82.6 Å². The van der Waals surface area contributed by atoms with Crippen molar-refractivity contribution in [3.63, 3.8) is 0 Å². The zero-order valence-corrected chi connectivity index (χ0v) is 8.29. The van der Waals surface area contributed by atoms with E-state index in [0.717, 1.165) is 0 Å². The number of rotatable bonds is 3. The third kappa shape index (κ3) is 2.79. The highest BCUT2D eigenvalue weighted by molar-refractivity contribution is 5.81. The van der Waals surface area contributed by atoms with Crippen LogP contribution < -0.4 is 0 Å². The molecule has 14 heavy (non-hydrogen) atoms. The lowest BCUT2D eigenvalue weighted by atomic mass is 9.85. The van der Waals surface area contributed by atoms with E-state index < -0.39 is 18.1 Å². The molecule has 1 rings (SSSR count). The zero-order chi connectivity index (χ0) is 10.6. The minimum Gasteiger partial charge on any atom is -0.464 e. The number of carbonyl (C=O) groups is 2. The number of hydrogen-bond donors (Lipinski definition) is 0. The van der Waals surface area contributed by atoms with Gasteiger partial charge in [0, 0.05) is 18.8 Å². The molecule has 2 atom stereocenters. The van der Waals surface area contributed by atoms with Gasteiger partial charge in [-0.1, -0.05) is 0 Å². The smallest absolute Gasteiger partial charge is 0.341 e. The molecule has 0 aromatic carbocycles. The lowest BCUT2D eigenvalue weighted by molar-refractivity contribution is -0.152. The molecule has 0 amide bonds. The Kier molecular flexibility index (Phi) is 4.04. The van der Waals surface area contributed by atoms with Gasteiger partial charge in [-0.3, -0.25) is 4.79 Å². The second-order valence-electron chi connectivity index (χ2n) is 3.55. The molecular formula is C10H15FO3. The van der Waals surface area contributed by atoms with Crippen molar-refractivity contribution in [2.24, 2.45) is 5.92 Å². The molecule has 0 saturated heterocycles. The maximum absolute atomic E-state index is 13.4. The van der Waals surface area contributed by atoms with E-state index in [0.29, 0.717) is 19.3 Å². The van der Waals surface area contributed by atoms with Gasteiger partial charge < -0.3 is 4.74 Å². The van der Waals surface area contributed by atoms with E-state index in [2.05, 4.69) is 4.74 Å². The van der Waals surface area contributed by atoms with Crippen LogP contribution in [0.4, 0.5) is 4.39 Å². The normalized spacial score (nSPS) is 24.4. The first-order chi connectivity index (χ1) is 6.65. The molecule has 1 aliphatic rings. The SMILES string of the molecule is CCOC(=O)C(F)C1CCCC(=O)C1. The Hall–Kier alpha value is -0.930. The van der Waals surface area contributed by atoms with Crippen molar-refractivity contribution in [3.8, 4) is 0 Å². The van der Waals surface area contributed by atoms with Crippen LogP contribution in [-0.2, 0) is 14.3 Å². The van der Waals surface area contributed by atoms with Crippen molar-refractivity contribution in [2.45, 2.75) is 38.8 Å². The summed E-state index contributed by atoms with van der Waals surface area (Å²) in [5.74, 6) is -1.24. The zero-order valence-electron chi connectivity index (χ0n) is 8.29. The van der Waals surface area contributed by atoms with Gasteiger partial charge in [0.15, 0.2) is 6.17 Å². The third-order valence-electron chi connectivity index (χ3n) is 2.45. The van der Waals surface area contributed by atoms with E-state index in [1.54, 1.807) is 6.92 Å². The van der Waals surface area contributed by atoms with Gasteiger partial charge >= 0.3 is 5.97 Å². The Balaban J connectivity index is 2.46. The largest absolute Gasteiger partial charge is 0.464 e. The van der Waals surface area contributed by atoms with Crippen LogP contribution in [-0.4, -0.2) is 24.5 Å². The van der Waals surface area contributed by atoms with Gasteiger partial charge in [-0.15, -0.1) is 0 Å². The van der Waals surface area contributed by atoms with E-state index >= 15 is 0 Å². The van der Waals surface area contributed by atoms with Crippen molar-refractivity contribution < 1.29 is 18.7 Å². The maximum atomic E-state index is 13.4. The predicted molar refractivity (Wildman–Crippen MR) is 48.5 cm³/mol. The van der Waals surface area contributed by atoms with Gasteiger partial charge in [-0.2, -0.15) is 0 Å². The molecule has 4 heteroatoms. The molecule has 0 aliphatic heterocycles. The van der Waals surface area contributed by atoms with Crippen LogP contribution in [0, 0.1) is 5.92 Å². The summed E-state index contributed by atoms with van der Waals surface area (Å²) in [6, 6.07) is 0. The van der Waals surface area contributed by atoms with Crippen molar-refractivity contribution in [1.29, 1.82) is 0 Å². The second-order valence-corrected chi connectivity index (χ2v) is 3.55. The van der Waals surface area contributed by atoms with Gasteiger partial charge in [-0.25, -0.2) is 9.18 Å². The number of hydrogen-bond acceptors (Lipinski definition) is 3. The molecular weight excluding hydrogens is 187 g/mol. The monoisotopic (exact) mass is 202 g/mol. The van der Waals surface area contributed by atoms with Crippen LogP contribution in [0.15, 0.2) is 0 Å². The fourth-order valence-corrected chi connectivity index (χ4v) is 1.72. The van der Waals surface area contributed by atoms with Gasteiger partial charge in [0.05, 0.1) is 6.61 Å². The molecule has 2 unspecified atom stereocenters. The van der Waals surface area contributed by atoms with Gasteiger partial charge in [0.2, 0.25) is 0 Å². The van der Waals surface area contributed by atoms with Crippen LogP contribution in [0.2, 0.25) is 0 Å². The van der Waals surface area contributed by atoms with E-state index in [1.807, 2.05) is 0 Å². The third-order valence-corrected chi connectivity index (χ3v) is 2.45. The standard InChI is InChI=1S/C10H15FO3/c1-2-14-10(13)9(11)7-4-3-5-8(12)6-7/h7,9H,2-6H2,1H3. The first-order valence-corrected chi connectivity index (χ1v) is 4.97. The van der Waals surface area contributed by atoms with Crippen LogP contribution >= 0.6 is 0 Å². The van der Waals surface area contributed by atoms with Crippen LogP contribution in [0.3, 0.4) is 0 Å². The number of esters is 1. The number of ether oxygens (including phenoxy) is 1. The lowest BCUT2D eigenvalue weighted by Gasteiger charge is -2.22. The Morgan fingerprint density at radius 3 is 3.00 bits per heavy atom. The summed E-state index contributed by atoms with van der Waals surface area (Å²) in [4.78, 5) is 22.1. The molecule has 1 saturated carbocycles. The second kappa shape index (κ2) is 5.08. The van der Waals surface area contributed by atoms with Crippen LogP contribution in [0.1, 0.15) is 32.6 Å². The topological polar surface area (TPSA) is 43.4 Å². The maximum Gasteiger partial charge on any atom is 0.341 e. The summed E-state index contributed by atoms with van der Waals surface area (Å²) in [7, 11) is 0. The number of halogens is 1. The molecule has 0 heterocycles. The first kappa shape index (κ1) is 11.1. The van der Waals surface area contributed by atoms with Gasteiger partial charge in [0.25, 0.3) is 0 Å². The highest BCUT2D eigenvalue weighted by Crippen LogP contribution is 2.26. The van der Waals surface area contributed by atoms with Gasteiger partial charge in [0.1, 0.15) is 5.78 Å². The minimum absolute atomic E-state index is 0.0493. The number of carbonyl (C=O) groups excluding carboxylic acids is 2. The van der Waals surface area contributed by atoms with Crippen molar-refractivity contribution in [1.82, 2.24) is 0 Å². The summed E-state index contributed by atoms with van der Waals surface area (Å²) in [5, 5.41) is 0. The highest BCUT2D eigenvalue weighted by Gasteiger charge is 2.32. The Morgan fingerprint density at radius 2 is 2.43 bits per heavy atom. The van der Waals surface area contributed by atoms with E-state index in [9.17, 15) is 14.0 Å². The molecule has 0 N–H and O–H groups in total. The first-order valence-electron chi connectivity index (χ1n) is 4.97. The number of alkyl halides is 1. The highest BCUT2D eigenvalue weighted by atomic mass is 19.1. The van der Waals surface area contributed by atoms with Crippen LogP contribution in [0.5, 0.6) is 0 Å². The molecule has 0 spiro atoms. The molecule has 0 aromatic rings. The van der Waals surface area contributed by atoms with E-state index in [4.69, 9.17) is 0 Å². The summed E-state index contributed by atoms with van der Waals surface area (Å²) in [5.41, 5.74) is 0. The molecule has 3 nitrogen and oxygen atoms in total. The molecule has 1 aliphatic carbocycles. The summed E-state index contributed by atoms with van der Waals surface area (Å²) >= 11 is 0. The van der Waals surface area contributed by atoms with Gasteiger partial charge in [-0.05, 0) is 19.8 Å². The number of Topliss-reactive ketones (excluding diaryl/α,β-unsaturated/α-hetero) is 1. The van der Waals surface area contributed by atoms with Crippen LogP contribution in [0.25, 0.3) is 0 Å². The minimum atomic E-state index is -1.63. The summed E-state index contributed by atoms with van der Waals surface area (Å²) in [6.07, 6.45) is 0.361. The fraction of sp³-hybridized carbons (Fsp3) is 0.800. The van der Waals surface area contributed by atoms with E-state index in [1.165, 1.54) is 0 Å². The van der Waals surface area contributed by atoms with Crippen molar-refractivity contribution >= 4 is 11.8 Å². The molecule has 0 radical (unpaired) electrons. The van der Waals surface area contributed by atoms with E-state index in [-0.39, 0.29) is 18.8 Å². The quantitative estimate of drug-likeness (QED) is 0.653. The Morgan fingerprint density at radius 1 is 1.71 bits per heavy atom. The average molecular weight is 202 g/mol. The van der Waals surface area contributed by atoms with Crippen molar-refractivity contribution in [3.05, 3.63) is 0 Å². The average Bonchev–Trinajstić information content (AvgIpc) is 2.17. The fourth-order valence-electron chi connectivity index (χ4n) is 1.72. The summed E-state index contributed by atoms with van der Waals surface area (Å²) < 4.78 is 18.0. The molecule has 0 bridgehead atoms. The molecule has 80 valence electrons. The number of ketones is 1. The lowest BCUT2D eigenvalue weighted by Crippen LogP contribution is -2.31. The summed E-state index contributed by atoms with van der Waals surface area (Å²) in [6.45, 7) is 1.82. The van der Waals surface area contributed by atoms with Crippen molar-refractivity contribution in [2.75, 3.05) is 6.61 Å². The Bertz CT molecular complexity index is 227. The predicted octanol–water partition coefficient (Wildman–Crippen LogP) is 1.65.